The third kappa shape index (κ3) is 2.49. The number of nitrogens with zero attached hydrogens (tertiary/aromatic N) is 1. The highest BCUT2D eigenvalue weighted by atomic mass is 35.5. The highest BCUT2D eigenvalue weighted by Gasteiger charge is 2.33. The van der Waals surface area contributed by atoms with Gasteiger partial charge in [0.25, 0.3) is 0 Å². The highest BCUT2D eigenvalue weighted by Crippen LogP contribution is 2.42. The van der Waals surface area contributed by atoms with Crippen molar-refractivity contribution in [1.29, 1.82) is 0 Å². The van der Waals surface area contributed by atoms with Gasteiger partial charge in [-0.1, -0.05) is 16.8 Å². The van der Waals surface area contributed by atoms with Gasteiger partial charge in [-0.2, -0.15) is 0 Å². The molecule has 104 valence electrons. The van der Waals surface area contributed by atoms with Crippen LogP contribution in [0.4, 0.5) is 0 Å². The Labute approximate surface area is 124 Å². The fraction of sp³-hybridized carbons (Fsp3) is 0.286. The molecule has 1 aromatic carbocycles. The molecule has 20 heavy (non-hydrogen) atoms. The van der Waals surface area contributed by atoms with Gasteiger partial charge in [0.2, 0.25) is 0 Å². The number of halogens is 1. The van der Waals surface area contributed by atoms with Crippen LogP contribution in [0.15, 0.2) is 33.8 Å². The van der Waals surface area contributed by atoms with E-state index in [9.17, 15) is 9.35 Å². The molecule has 0 saturated heterocycles. The van der Waals surface area contributed by atoms with Gasteiger partial charge < -0.3 is 9.08 Å². The summed E-state index contributed by atoms with van der Waals surface area (Å²) in [7, 11) is 0. The van der Waals surface area contributed by atoms with Crippen LogP contribution in [0.2, 0.25) is 5.02 Å². The second-order valence-corrected chi connectivity index (χ2v) is 6.59. The number of rotatable bonds is 4. The van der Waals surface area contributed by atoms with E-state index >= 15 is 0 Å². The van der Waals surface area contributed by atoms with Crippen LogP contribution in [0, 0.1) is 0 Å². The fourth-order valence-electron chi connectivity index (χ4n) is 2.06. The maximum absolute atomic E-state index is 12.5. The number of aromatic nitrogens is 1. The molecule has 1 unspecified atom stereocenters. The van der Waals surface area contributed by atoms with Gasteiger partial charge in [-0.05, 0) is 36.2 Å². The van der Waals surface area contributed by atoms with E-state index in [1.807, 2.05) is 0 Å². The minimum atomic E-state index is -1.13. The Morgan fingerprint density at radius 1 is 1.45 bits per heavy atom. The van der Waals surface area contributed by atoms with Crippen molar-refractivity contribution < 1.29 is 13.9 Å². The molecule has 1 fully saturated rings. The first-order chi connectivity index (χ1) is 9.58. The fourth-order valence-corrected chi connectivity index (χ4v) is 2.94. The summed E-state index contributed by atoms with van der Waals surface area (Å²) >= 11 is 5.00. The van der Waals surface area contributed by atoms with Crippen LogP contribution in [0.5, 0.6) is 0 Å². The summed E-state index contributed by atoms with van der Waals surface area (Å²) in [5, 5.41) is 4.01. The topological polar surface area (TPSA) is 66.2 Å². The van der Waals surface area contributed by atoms with Crippen LogP contribution in [0.25, 0.3) is 0 Å². The molecule has 1 aliphatic carbocycles. The Hall–Kier alpha value is -1.30. The van der Waals surface area contributed by atoms with E-state index in [0.29, 0.717) is 32.7 Å². The number of carbonyl (C=O) groups excluding carboxylic acids is 1. The van der Waals surface area contributed by atoms with Crippen molar-refractivity contribution in [3.8, 4) is 0 Å². The largest absolute Gasteiger partial charge is 0.612 e. The Morgan fingerprint density at radius 3 is 2.80 bits per heavy atom. The molecule has 0 aliphatic heterocycles. The average molecular weight is 310 g/mol. The monoisotopic (exact) mass is 309 g/mol. The quantitative estimate of drug-likeness (QED) is 0.642. The van der Waals surface area contributed by atoms with Crippen molar-refractivity contribution in [3.63, 3.8) is 0 Å². The molecule has 0 N–H and O–H groups in total. The lowest BCUT2D eigenvalue weighted by molar-refractivity contribution is 0.103. The van der Waals surface area contributed by atoms with Gasteiger partial charge in [0.15, 0.2) is 16.4 Å². The molecule has 3 rings (SSSR count). The normalized spacial score (nSPS) is 16.1. The van der Waals surface area contributed by atoms with Crippen molar-refractivity contribution in [2.24, 2.45) is 0 Å². The van der Waals surface area contributed by atoms with Crippen LogP contribution in [-0.2, 0) is 11.2 Å². The van der Waals surface area contributed by atoms with Crippen LogP contribution in [-0.4, -0.2) is 21.7 Å². The van der Waals surface area contributed by atoms with Gasteiger partial charge in [0.1, 0.15) is 6.26 Å². The van der Waals surface area contributed by atoms with Gasteiger partial charge in [-0.3, -0.25) is 4.79 Å². The summed E-state index contributed by atoms with van der Waals surface area (Å²) in [5.41, 5.74) is 0.853. The molecule has 1 saturated carbocycles. The molecular weight excluding hydrogens is 298 g/mol. The maximum Gasteiger partial charge on any atom is 0.199 e. The molecular formula is C14H12ClNO3S. The first kappa shape index (κ1) is 13.7. The molecule has 0 bridgehead atoms. The zero-order valence-electron chi connectivity index (χ0n) is 10.8. The van der Waals surface area contributed by atoms with Gasteiger partial charge in [0, 0.05) is 17.5 Å². The van der Waals surface area contributed by atoms with Crippen molar-refractivity contribution in [1.82, 2.24) is 5.16 Å². The molecule has 4 nitrogen and oxygen atoms in total. The number of hydrogen-bond donors (Lipinski definition) is 0. The van der Waals surface area contributed by atoms with E-state index in [2.05, 4.69) is 5.16 Å². The summed E-state index contributed by atoms with van der Waals surface area (Å²) in [4.78, 5) is 13.1. The molecule has 0 spiro atoms. The van der Waals surface area contributed by atoms with Gasteiger partial charge in [-0.25, -0.2) is 0 Å². The average Bonchev–Trinajstić information content (AvgIpc) is 3.15. The third-order valence-corrected chi connectivity index (χ3v) is 4.54. The van der Waals surface area contributed by atoms with Crippen molar-refractivity contribution in [2.45, 2.75) is 23.7 Å². The lowest BCUT2D eigenvalue weighted by Gasteiger charge is -2.07. The Morgan fingerprint density at radius 2 is 2.20 bits per heavy atom. The van der Waals surface area contributed by atoms with Gasteiger partial charge in [0.05, 0.1) is 16.8 Å². The molecule has 1 aromatic heterocycles. The van der Waals surface area contributed by atoms with E-state index < -0.39 is 11.2 Å². The van der Waals surface area contributed by atoms with E-state index in [-0.39, 0.29) is 5.78 Å². The Kier molecular flexibility index (Phi) is 3.58. The van der Waals surface area contributed by atoms with Gasteiger partial charge >= 0.3 is 0 Å². The van der Waals surface area contributed by atoms with Crippen LogP contribution in [0.3, 0.4) is 0 Å². The molecule has 2 aromatic rings. The lowest BCUT2D eigenvalue weighted by atomic mass is 10.0. The lowest BCUT2D eigenvalue weighted by Crippen LogP contribution is -2.05. The molecule has 0 radical (unpaired) electrons. The Balaban J connectivity index is 1.96. The molecule has 1 atom stereocenters. The summed E-state index contributed by atoms with van der Waals surface area (Å²) in [6, 6.07) is 4.82. The first-order valence-corrected chi connectivity index (χ1v) is 8.13. The maximum atomic E-state index is 12.5. The minimum Gasteiger partial charge on any atom is -0.612 e. The predicted molar refractivity (Wildman–Crippen MR) is 75.7 cm³/mol. The number of ketones is 1. The molecule has 1 aliphatic rings. The van der Waals surface area contributed by atoms with Crippen molar-refractivity contribution >= 4 is 28.6 Å². The second-order valence-electron chi connectivity index (χ2n) is 4.80. The zero-order chi connectivity index (χ0) is 14.3. The standard InChI is InChI=1S/C14H12ClNO3S/c1-20(18)9-4-5-10(12(15)6-9)13(17)11-7-16-19-14(11)8-2-3-8/h4-8H,2-3H2,1H3. The number of benzene rings is 1. The van der Waals surface area contributed by atoms with E-state index in [4.69, 9.17) is 16.1 Å². The molecule has 6 heteroatoms. The van der Waals surface area contributed by atoms with Gasteiger partial charge in [-0.15, -0.1) is 0 Å². The smallest absolute Gasteiger partial charge is 0.199 e. The second kappa shape index (κ2) is 5.24. The molecule has 0 amide bonds. The van der Waals surface area contributed by atoms with E-state index in [0.717, 1.165) is 12.8 Å². The highest BCUT2D eigenvalue weighted by molar-refractivity contribution is 7.90. The van der Waals surface area contributed by atoms with Crippen LogP contribution < -0.4 is 0 Å². The van der Waals surface area contributed by atoms with Crippen LogP contribution in [0.1, 0.15) is 40.4 Å². The van der Waals surface area contributed by atoms with E-state index in [1.54, 1.807) is 24.5 Å². The summed E-state index contributed by atoms with van der Waals surface area (Å²) in [6.07, 6.45) is 5.06. The first-order valence-electron chi connectivity index (χ1n) is 6.20. The van der Waals surface area contributed by atoms with Crippen molar-refractivity contribution in [2.75, 3.05) is 6.26 Å². The number of hydrogen-bond acceptors (Lipinski definition) is 4. The number of carbonyl (C=O) groups is 1. The molecule has 1 heterocycles. The summed E-state index contributed by atoms with van der Waals surface area (Å²) in [5.74, 6) is 0.749. The summed E-state index contributed by atoms with van der Waals surface area (Å²) < 4.78 is 16.6. The van der Waals surface area contributed by atoms with E-state index in [1.165, 1.54) is 6.20 Å². The van der Waals surface area contributed by atoms with Crippen LogP contribution >= 0.6 is 11.6 Å². The zero-order valence-corrected chi connectivity index (χ0v) is 12.3. The van der Waals surface area contributed by atoms with Crippen molar-refractivity contribution in [3.05, 3.63) is 46.3 Å². The third-order valence-electron chi connectivity index (χ3n) is 3.31. The summed E-state index contributed by atoms with van der Waals surface area (Å²) in [6.45, 7) is 0. The predicted octanol–water partition coefficient (Wildman–Crippen LogP) is 3.17. The Bertz CT molecular complexity index is 664. The minimum absolute atomic E-state index is 0.202. The SMILES string of the molecule is C[S+]([O-])c1ccc(C(=O)c2cnoc2C2CC2)c(Cl)c1.